The molecular formula is C18H20N6. The van der Waals surface area contributed by atoms with Gasteiger partial charge in [0.05, 0.1) is 11.7 Å². The van der Waals surface area contributed by atoms with Crippen LogP contribution in [0.4, 0.5) is 5.82 Å². The van der Waals surface area contributed by atoms with E-state index < -0.39 is 0 Å². The number of nitrogens with one attached hydrogen (secondary N) is 1. The van der Waals surface area contributed by atoms with Crippen LogP contribution in [0.5, 0.6) is 0 Å². The average Bonchev–Trinajstić information content (AvgIpc) is 3.02. The number of hydrogen-bond donors (Lipinski definition) is 1. The molecule has 0 amide bonds. The number of hydrogen-bond acceptors (Lipinski definition) is 5. The summed E-state index contributed by atoms with van der Waals surface area (Å²) in [6, 6.07) is 14.6. The molecule has 6 heteroatoms. The number of fused-ring (bicyclic) bond motifs is 1. The van der Waals surface area contributed by atoms with Crippen molar-refractivity contribution in [2.24, 2.45) is 0 Å². The van der Waals surface area contributed by atoms with Gasteiger partial charge in [0.25, 0.3) is 0 Å². The lowest BCUT2D eigenvalue weighted by atomic mass is 9.96. The van der Waals surface area contributed by atoms with E-state index in [0.717, 1.165) is 30.4 Å². The van der Waals surface area contributed by atoms with Crippen molar-refractivity contribution in [3.63, 3.8) is 0 Å². The van der Waals surface area contributed by atoms with E-state index in [0.29, 0.717) is 0 Å². The first kappa shape index (κ1) is 14.8. The van der Waals surface area contributed by atoms with Crippen LogP contribution in [0.15, 0.2) is 48.7 Å². The molecule has 1 aromatic carbocycles. The molecule has 3 aromatic rings. The van der Waals surface area contributed by atoms with Gasteiger partial charge in [-0.2, -0.15) is 5.10 Å². The summed E-state index contributed by atoms with van der Waals surface area (Å²) in [5, 5.41) is 16.5. The van der Waals surface area contributed by atoms with E-state index in [1.807, 2.05) is 31.3 Å². The predicted octanol–water partition coefficient (Wildman–Crippen LogP) is 2.57. The van der Waals surface area contributed by atoms with Crippen molar-refractivity contribution in [2.75, 3.05) is 18.9 Å². The molecule has 1 atom stereocenters. The van der Waals surface area contributed by atoms with Gasteiger partial charge in [0, 0.05) is 19.3 Å². The summed E-state index contributed by atoms with van der Waals surface area (Å²) in [5.74, 6) is 1.49. The predicted molar refractivity (Wildman–Crippen MR) is 93.0 cm³/mol. The zero-order valence-corrected chi connectivity index (χ0v) is 13.8. The quantitative estimate of drug-likeness (QED) is 0.804. The van der Waals surface area contributed by atoms with Crippen LogP contribution in [0.3, 0.4) is 0 Å². The third-order valence-electron chi connectivity index (χ3n) is 4.29. The molecule has 0 spiro atoms. The molecule has 0 bridgehead atoms. The molecule has 0 fully saturated rings. The van der Waals surface area contributed by atoms with Gasteiger partial charge in [-0.3, -0.25) is 4.90 Å². The van der Waals surface area contributed by atoms with E-state index >= 15 is 0 Å². The van der Waals surface area contributed by atoms with Crippen LogP contribution in [0.25, 0.3) is 5.82 Å². The Kier molecular flexibility index (Phi) is 3.74. The second-order valence-electron chi connectivity index (χ2n) is 6.27. The molecule has 122 valence electrons. The molecule has 6 nitrogen and oxygen atoms in total. The number of aromatic nitrogens is 4. The Bertz CT molecular complexity index is 839. The maximum atomic E-state index is 4.35. The molecule has 1 N–H and O–H groups in total. The van der Waals surface area contributed by atoms with Crippen LogP contribution in [-0.4, -0.2) is 38.5 Å². The maximum absolute atomic E-state index is 4.35. The fraction of sp³-hybridized carbons (Fsp3) is 0.278. The molecule has 2 aromatic heterocycles. The van der Waals surface area contributed by atoms with E-state index in [-0.39, 0.29) is 6.04 Å². The second kappa shape index (κ2) is 6.05. The number of nitrogens with zero attached hydrogens (tertiary/aromatic N) is 5. The summed E-state index contributed by atoms with van der Waals surface area (Å²) in [5.41, 5.74) is 3.66. The number of aryl methyl sites for hydroxylation is 1. The van der Waals surface area contributed by atoms with Gasteiger partial charge < -0.3 is 5.32 Å². The van der Waals surface area contributed by atoms with Crippen LogP contribution in [0.1, 0.15) is 22.9 Å². The Labute approximate surface area is 141 Å². The lowest BCUT2D eigenvalue weighted by Gasteiger charge is -2.32. The van der Waals surface area contributed by atoms with Crippen molar-refractivity contribution in [1.82, 2.24) is 24.9 Å². The standard InChI is InChI=1S/C18H20N6/c1-13-9-10-24(22-13)18-8-7-17(20-21-18)19-16-12-23(2)11-14-5-3-4-6-15(14)16/h3-10,16H,11-12H2,1-2H3,(H,19,20). The van der Waals surface area contributed by atoms with Gasteiger partial charge in [-0.1, -0.05) is 24.3 Å². The van der Waals surface area contributed by atoms with Crippen LogP contribution in [0.2, 0.25) is 0 Å². The normalized spacial score (nSPS) is 17.5. The van der Waals surface area contributed by atoms with Crippen molar-refractivity contribution >= 4 is 5.82 Å². The summed E-state index contributed by atoms with van der Waals surface area (Å²) >= 11 is 0. The Morgan fingerprint density at radius 3 is 2.71 bits per heavy atom. The van der Waals surface area contributed by atoms with E-state index in [2.05, 4.69) is 56.8 Å². The topological polar surface area (TPSA) is 58.9 Å². The Balaban J connectivity index is 1.55. The van der Waals surface area contributed by atoms with Crippen LogP contribution in [0, 0.1) is 6.92 Å². The van der Waals surface area contributed by atoms with Gasteiger partial charge in [0.2, 0.25) is 0 Å². The Morgan fingerprint density at radius 2 is 1.96 bits per heavy atom. The number of benzene rings is 1. The fourth-order valence-corrected chi connectivity index (χ4v) is 3.15. The number of rotatable bonds is 3. The molecule has 0 saturated heterocycles. The van der Waals surface area contributed by atoms with Gasteiger partial charge in [0.15, 0.2) is 5.82 Å². The molecular weight excluding hydrogens is 300 g/mol. The van der Waals surface area contributed by atoms with E-state index in [4.69, 9.17) is 0 Å². The highest BCUT2D eigenvalue weighted by atomic mass is 15.3. The van der Waals surface area contributed by atoms with Crippen molar-refractivity contribution in [2.45, 2.75) is 19.5 Å². The summed E-state index contributed by atoms with van der Waals surface area (Å²) in [6.07, 6.45) is 1.89. The Hall–Kier alpha value is -2.73. The van der Waals surface area contributed by atoms with Crippen molar-refractivity contribution in [3.8, 4) is 5.82 Å². The van der Waals surface area contributed by atoms with Crippen molar-refractivity contribution in [1.29, 1.82) is 0 Å². The highest BCUT2D eigenvalue weighted by molar-refractivity contribution is 5.43. The molecule has 0 radical (unpaired) electrons. The van der Waals surface area contributed by atoms with E-state index in [9.17, 15) is 0 Å². The minimum absolute atomic E-state index is 0.215. The molecule has 1 aliphatic heterocycles. The van der Waals surface area contributed by atoms with E-state index in [1.54, 1.807) is 4.68 Å². The third-order valence-corrected chi connectivity index (χ3v) is 4.29. The largest absolute Gasteiger partial charge is 0.360 e. The molecule has 0 saturated carbocycles. The monoisotopic (exact) mass is 320 g/mol. The lowest BCUT2D eigenvalue weighted by Crippen LogP contribution is -2.34. The second-order valence-corrected chi connectivity index (χ2v) is 6.27. The highest BCUT2D eigenvalue weighted by Crippen LogP contribution is 2.28. The number of likely N-dealkylation sites (N-methyl/N-ethyl adjacent to an activating group) is 1. The average molecular weight is 320 g/mol. The fourth-order valence-electron chi connectivity index (χ4n) is 3.15. The van der Waals surface area contributed by atoms with Gasteiger partial charge in [-0.25, -0.2) is 4.68 Å². The van der Waals surface area contributed by atoms with Gasteiger partial charge in [-0.15, -0.1) is 10.2 Å². The minimum atomic E-state index is 0.215. The van der Waals surface area contributed by atoms with Gasteiger partial charge in [0.1, 0.15) is 5.82 Å². The summed E-state index contributed by atoms with van der Waals surface area (Å²) in [7, 11) is 2.14. The molecule has 1 aliphatic rings. The van der Waals surface area contributed by atoms with Crippen molar-refractivity contribution in [3.05, 3.63) is 65.5 Å². The first-order chi connectivity index (χ1) is 11.7. The van der Waals surface area contributed by atoms with E-state index in [1.165, 1.54) is 11.1 Å². The summed E-state index contributed by atoms with van der Waals surface area (Å²) in [4.78, 5) is 2.31. The summed E-state index contributed by atoms with van der Waals surface area (Å²) in [6.45, 7) is 3.88. The molecule has 1 unspecified atom stereocenters. The van der Waals surface area contributed by atoms with Gasteiger partial charge in [-0.05, 0) is 43.3 Å². The SMILES string of the molecule is Cc1ccn(-c2ccc(NC3CN(C)Cc4ccccc43)nn2)n1. The number of anilines is 1. The van der Waals surface area contributed by atoms with Crippen LogP contribution < -0.4 is 5.32 Å². The zero-order chi connectivity index (χ0) is 16.5. The molecule has 3 heterocycles. The smallest absolute Gasteiger partial charge is 0.175 e. The molecule has 0 aliphatic carbocycles. The lowest BCUT2D eigenvalue weighted by molar-refractivity contribution is 0.291. The van der Waals surface area contributed by atoms with Crippen molar-refractivity contribution < 1.29 is 0 Å². The minimum Gasteiger partial charge on any atom is -0.360 e. The maximum Gasteiger partial charge on any atom is 0.175 e. The van der Waals surface area contributed by atoms with Gasteiger partial charge >= 0.3 is 0 Å². The first-order valence-electron chi connectivity index (χ1n) is 8.08. The zero-order valence-electron chi connectivity index (χ0n) is 13.8. The Morgan fingerprint density at radius 1 is 1.08 bits per heavy atom. The highest BCUT2D eigenvalue weighted by Gasteiger charge is 2.23. The molecule has 24 heavy (non-hydrogen) atoms. The first-order valence-corrected chi connectivity index (χ1v) is 8.08. The third kappa shape index (κ3) is 2.88. The molecule has 4 rings (SSSR count). The van der Waals surface area contributed by atoms with Crippen LogP contribution >= 0.6 is 0 Å². The van der Waals surface area contributed by atoms with Crippen LogP contribution in [-0.2, 0) is 6.54 Å². The summed E-state index contributed by atoms with van der Waals surface area (Å²) < 4.78 is 1.73.